The van der Waals surface area contributed by atoms with Crippen LogP contribution in [0.3, 0.4) is 0 Å². The van der Waals surface area contributed by atoms with Crippen LogP contribution >= 0.6 is 22.7 Å². The van der Waals surface area contributed by atoms with Crippen LogP contribution in [0.1, 0.15) is 44.2 Å². The van der Waals surface area contributed by atoms with Crippen molar-refractivity contribution < 1.29 is 9.59 Å². The maximum Gasteiger partial charge on any atom is 0.225 e. The van der Waals surface area contributed by atoms with Gasteiger partial charge in [-0.2, -0.15) is 0 Å². The van der Waals surface area contributed by atoms with Gasteiger partial charge < -0.3 is 10.2 Å². The Morgan fingerprint density at radius 1 is 1.11 bits per heavy atom. The molecule has 2 fully saturated rings. The second-order valence-corrected chi connectivity index (χ2v) is 9.55. The van der Waals surface area contributed by atoms with Crippen LogP contribution in [-0.2, 0) is 16.0 Å². The SMILES string of the molecule is O=C(NCCc1csc(-c2cccs2)n1)C1CCN(C(=O)C2CCCC2)CC1. The molecule has 1 saturated carbocycles. The molecule has 28 heavy (non-hydrogen) atoms. The highest BCUT2D eigenvalue weighted by Gasteiger charge is 2.31. The number of carbonyl (C=O) groups is 2. The minimum atomic E-state index is 0.0322. The van der Waals surface area contributed by atoms with Gasteiger partial charge in [0.05, 0.1) is 10.6 Å². The van der Waals surface area contributed by atoms with Gasteiger partial charge in [0, 0.05) is 43.3 Å². The largest absolute Gasteiger partial charge is 0.355 e. The smallest absolute Gasteiger partial charge is 0.225 e. The van der Waals surface area contributed by atoms with E-state index >= 15 is 0 Å². The van der Waals surface area contributed by atoms with Gasteiger partial charge in [-0.3, -0.25) is 9.59 Å². The lowest BCUT2D eigenvalue weighted by Crippen LogP contribution is -2.45. The maximum atomic E-state index is 12.5. The van der Waals surface area contributed by atoms with Gasteiger partial charge in [0.1, 0.15) is 5.01 Å². The molecule has 150 valence electrons. The van der Waals surface area contributed by atoms with Crippen LogP contribution in [0.4, 0.5) is 0 Å². The third-order valence-corrected chi connectivity index (χ3v) is 7.78. The van der Waals surface area contributed by atoms with Crippen molar-refractivity contribution in [1.29, 1.82) is 0 Å². The average molecular weight is 418 g/mol. The number of carbonyl (C=O) groups excluding carboxylic acids is 2. The highest BCUT2D eigenvalue weighted by Crippen LogP contribution is 2.29. The Morgan fingerprint density at radius 3 is 2.61 bits per heavy atom. The van der Waals surface area contributed by atoms with Crippen LogP contribution in [-0.4, -0.2) is 41.3 Å². The predicted octanol–water partition coefficient (Wildman–Crippen LogP) is 3.96. The summed E-state index contributed by atoms with van der Waals surface area (Å²) in [5.41, 5.74) is 1.03. The van der Waals surface area contributed by atoms with Gasteiger partial charge in [0.2, 0.25) is 11.8 Å². The molecule has 2 aliphatic rings. The van der Waals surface area contributed by atoms with Gasteiger partial charge in [-0.05, 0) is 37.1 Å². The molecule has 2 amide bonds. The van der Waals surface area contributed by atoms with E-state index in [0.29, 0.717) is 12.5 Å². The number of likely N-dealkylation sites (tertiary alicyclic amines) is 1. The Labute approximate surface area is 174 Å². The first-order chi connectivity index (χ1) is 13.7. The molecule has 1 aliphatic carbocycles. The zero-order chi connectivity index (χ0) is 19.3. The predicted molar refractivity (Wildman–Crippen MR) is 113 cm³/mol. The molecule has 7 heteroatoms. The molecule has 0 spiro atoms. The van der Waals surface area contributed by atoms with Gasteiger partial charge >= 0.3 is 0 Å². The Hall–Kier alpha value is -1.73. The molecular weight excluding hydrogens is 390 g/mol. The lowest BCUT2D eigenvalue weighted by molar-refractivity contribution is -0.139. The van der Waals surface area contributed by atoms with E-state index < -0.39 is 0 Å². The van der Waals surface area contributed by atoms with Crippen LogP contribution in [0.25, 0.3) is 9.88 Å². The average Bonchev–Trinajstić information content (AvgIpc) is 3.49. The molecule has 5 nitrogen and oxygen atoms in total. The highest BCUT2D eigenvalue weighted by atomic mass is 32.1. The van der Waals surface area contributed by atoms with E-state index in [1.165, 1.54) is 17.7 Å². The molecule has 0 bridgehead atoms. The first kappa shape index (κ1) is 19.6. The molecule has 0 radical (unpaired) electrons. The molecule has 1 saturated heterocycles. The lowest BCUT2D eigenvalue weighted by atomic mass is 9.94. The summed E-state index contributed by atoms with van der Waals surface area (Å²) in [6.07, 6.45) is 6.78. The summed E-state index contributed by atoms with van der Waals surface area (Å²) in [7, 11) is 0. The summed E-state index contributed by atoms with van der Waals surface area (Å²) in [5, 5.41) is 8.26. The van der Waals surface area contributed by atoms with Crippen molar-refractivity contribution in [2.45, 2.75) is 44.9 Å². The van der Waals surface area contributed by atoms with Crippen molar-refractivity contribution in [2.75, 3.05) is 19.6 Å². The Balaban J connectivity index is 1.18. The molecule has 0 aromatic carbocycles. The fourth-order valence-corrected chi connectivity index (χ4v) is 5.85. The minimum Gasteiger partial charge on any atom is -0.355 e. The van der Waals surface area contributed by atoms with E-state index in [0.717, 1.165) is 55.9 Å². The Morgan fingerprint density at radius 2 is 1.89 bits per heavy atom. The first-order valence-electron chi connectivity index (χ1n) is 10.3. The van der Waals surface area contributed by atoms with E-state index in [-0.39, 0.29) is 17.7 Å². The number of amides is 2. The van der Waals surface area contributed by atoms with Crippen LogP contribution in [0.5, 0.6) is 0 Å². The van der Waals surface area contributed by atoms with E-state index in [1.807, 2.05) is 11.0 Å². The molecule has 0 atom stereocenters. The second-order valence-electron chi connectivity index (χ2n) is 7.74. The summed E-state index contributed by atoms with van der Waals surface area (Å²) >= 11 is 3.35. The topological polar surface area (TPSA) is 62.3 Å². The zero-order valence-electron chi connectivity index (χ0n) is 16.1. The van der Waals surface area contributed by atoms with Crippen molar-refractivity contribution in [3.05, 3.63) is 28.6 Å². The van der Waals surface area contributed by atoms with E-state index in [9.17, 15) is 9.59 Å². The fourth-order valence-electron chi connectivity index (χ4n) is 4.19. The van der Waals surface area contributed by atoms with Crippen molar-refractivity contribution in [3.63, 3.8) is 0 Å². The van der Waals surface area contributed by atoms with Gasteiger partial charge in [-0.1, -0.05) is 18.9 Å². The number of piperidine rings is 1. The standard InChI is InChI=1S/C21H27N3O2S2/c25-19(15-8-11-24(12-9-15)21(26)16-4-1-2-5-16)22-10-7-17-14-28-20(23-17)18-6-3-13-27-18/h3,6,13-16H,1-2,4-5,7-12H2,(H,22,25). The van der Waals surface area contributed by atoms with Crippen LogP contribution in [0.2, 0.25) is 0 Å². The number of aromatic nitrogens is 1. The molecular formula is C21H27N3O2S2. The van der Waals surface area contributed by atoms with Crippen molar-refractivity contribution in [2.24, 2.45) is 11.8 Å². The fraction of sp³-hybridized carbons (Fsp3) is 0.571. The van der Waals surface area contributed by atoms with Crippen molar-refractivity contribution in [1.82, 2.24) is 15.2 Å². The van der Waals surface area contributed by atoms with Crippen LogP contribution in [0, 0.1) is 11.8 Å². The summed E-state index contributed by atoms with van der Waals surface area (Å²) in [4.78, 5) is 32.8. The van der Waals surface area contributed by atoms with Gasteiger partial charge in [0.25, 0.3) is 0 Å². The highest BCUT2D eigenvalue weighted by molar-refractivity contribution is 7.20. The van der Waals surface area contributed by atoms with Crippen molar-refractivity contribution in [3.8, 4) is 9.88 Å². The number of nitrogens with one attached hydrogen (secondary N) is 1. The molecule has 4 rings (SSSR count). The molecule has 1 aliphatic heterocycles. The van der Waals surface area contributed by atoms with Gasteiger partial charge in [0.15, 0.2) is 0 Å². The summed E-state index contributed by atoms with van der Waals surface area (Å²) in [5.74, 6) is 0.718. The second kappa shape index (κ2) is 9.18. The Kier molecular flexibility index (Phi) is 6.42. The first-order valence-corrected chi connectivity index (χ1v) is 12.0. The summed E-state index contributed by atoms with van der Waals surface area (Å²) in [6, 6.07) is 4.12. The van der Waals surface area contributed by atoms with Crippen LogP contribution in [0.15, 0.2) is 22.9 Å². The zero-order valence-corrected chi connectivity index (χ0v) is 17.7. The van der Waals surface area contributed by atoms with E-state index in [4.69, 9.17) is 0 Å². The number of thiazole rings is 1. The number of hydrogen-bond donors (Lipinski definition) is 1. The van der Waals surface area contributed by atoms with Gasteiger partial charge in [-0.25, -0.2) is 4.98 Å². The molecule has 3 heterocycles. The third-order valence-electron chi connectivity index (χ3n) is 5.85. The number of nitrogens with zero attached hydrogens (tertiary/aromatic N) is 2. The summed E-state index contributed by atoms with van der Waals surface area (Å²) < 4.78 is 0. The lowest BCUT2D eigenvalue weighted by Gasteiger charge is -2.33. The Bertz CT molecular complexity index is 788. The molecule has 1 N–H and O–H groups in total. The number of hydrogen-bond acceptors (Lipinski definition) is 5. The number of thiophene rings is 1. The third kappa shape index (κ3) is 4.63. The monoisotopic (exact) mass is 417 g/mol. The normalized spacial score (nSPS) is 18.5. The van der Waals surface area contributed by atoms with E-state index in [2.05, 4.69) is 27.1 Å². The molecule has 0 unspecified atom stereocenters. The van der Waals surface area contributed by atoms with Crippen molar-refractivity contribution >= 4 is 34.5 Å². The van der Waals surface area contributed by atoms with Gasteiger partial charge in [-0.15, -0.1) is 22.7 Å². The summed E-state index contributed by atoms with van der Waals surface area (Å²) in [6.45, 7) is 2.07. The maximum absolute atomic E-state index is 12.5. The van der Waals surface area contributed by atoms with E-state index in [1.54, 1.807) is 22.7 Å². The van der Waals surface area contributed by atoms with Crippen LogP contribution < -0.4 is 5.32 Å². The molecule has 2 aromatic heterocycles. The quantitative estimate of drug-likeness (QED) is 0.774. The number of rotatable bonds is 6. The molecule has 2 aromatic rings. The minimum absolute atomic E-state index is 0.0322.